The largest absolute Gasteiger partial charge is 0.506 e. The van der Waals surface area contributed by atoms with Gasteiger partial charge in [-0.1, -0.05) is 11.6 Å². The molecule has 0 heterocycles. The first-order valence-corrected chi connectivity index (χ1v) is 3.68. The van der Waals surface area contributed by atoms with E-state index in [1.54, 1.807) is 0 Å². The number of hydrogen-bond acceptors (Lipinski definition) is 2. The molecule has 1 fully saturated rings. The van der Waals surface area contributed by atoms with Crippen molar-refractivity contribution in [1.82, 2.24) is 0 Å². The normalized spacial score (nSPS) is 42.2. The lowest BCUT2D eigenvalue weighted by atomic mass is 9.75. The van der Waals surface area contributed by atoms with E-state index in [1.807, 2.05) is 0 Å². The average molecular weight is 219 g/mol. The third-order valence-electron chi connectivity index (χ3n) is 2.00. The molecule has 1 rings (SSSR count). The van der Waals surface area contributed by atoms with Crippen LogP contribution in [-0.4, -0.2) is 27.9 Å². The number of halogens is 4. The van der Waals surface area contributed by atoms with Crippen LogP contribution in [0, 0.1) is 0 Å². The van der Waals surface area contributed by atoms with Gasteiger partial charge in [-0.2, -0.15) is 0 Å². The summed E-state index contributed by atoms with van der Waals surface area (Å²) in [6.07, 6.45) is -2.88. The van der Waals surface area contributed by atoms with E-state index >= 15 is 0 Å². The van der Waals surface area contributed by atoms with Gasteiger partial charge in [-0.25, -0.2) is 18.0 Å². The molecule has 7 heteroatoms. The average Bonchev–Trinajstić information content (AvgIpc) is 1.82. The highest BCUT2D eigenvalue weighted by molar-refractivity contribution is 6.25. The van der Waals surface area contributed by atoms with Gasteiger partial charge in [-0.3, -0.25) is 0 Å². The minimum Gasteiger partial charge on any atom is -0.450 e. The Morgan fingerprint density at radius 3 is 2.23 bits per heavy atom. The van der Waals surface area contributed by atoms with Crippen molar-refractivity contribution in [1.29, 1.82) is 0 Å². The van der Waals surface area contributed by atoms with Gasteiger partial charge in [-0.05, 0) is 6.92 Å². The Hall–Kier alpha value is -0.650. The lowest BCUT2D eigenvalue weighted by Gasteiger charge is -2.51. The maximum Gasteiger partial charge on any atom is 0.506 e. The number of rotatable bonds is 1. The van der Waals surface area contributed by atoms with Gasteiger partial charge >= 0.3 is 12.1 Å². The summed E-state index contributed by atoms with van der Waals surface area (Å²) in [5, 5.41) is 4.66. The molecule has 1 N–H and O–H groups in total. The molecule has 76 valence electrons. The first kappa shape index (κ1) is 10.4. The van der Waals surface area contributed by atoms with Crippen LogP contribution in [0.3, 0.4) is 0 Å². The van der Waals surface area contributed by atoms with Crippen LogP contribution in [0.2, 0.25) is 0 Å². The summed E-state index contributed by atoms with van der Waals surface area (Å²) in [7, 11) is 0. The van der Waals surface area contributed by atoms with Crippen LogP contribution in [-0.2, 0) is 4.74 Å². The molecule has 2 unspecified atom stereocenters. The number of ether oxygens (including phenoxy) is 1. The molecule has 1 aliphatic rings. The first-order chi connectivity index (χ1) is 5.62. The van der Waals surface area contributed by atoms with E-state index in [9.17, 15) is 18.0 Å². The van der Waals surface area contributed by atoms with Crippen molar-refractivity contribution in [3.8, 4) is 0 Å². The zero-order valence-corrected chi connectivity index (χ0v) is 7.24. The van der Waals surface area contributed by atoms with Gasteiger partial charge in [0.2, 0.25) is 0 Å². The van der Waals surface area contributed by atoms with Crippen LogP contribution in [0.1, 0.15) is 13.3 Å². The minimum absolute atomic E-state index is 0.880. The minimum atomic E-state index is -3.75. The van der Waals surface area contributed by atoms with Crippen LogP contribution in [0.4, 0.5) is 18.0 Å². The summed E-state index contributed by atoms with van der Waals surface area (Å²) >= 11 is 4.84. The standard InChI is InChI=1S/C6H6ClF3O3/c1-4(13-3(11)12)2-5(8,9)6(4,7)10/h2H2,1H3,(H,11,12). The zero-order chi connectivity index (χ0) is 10.5. The number of hydrogen-bond donors (Lipinski definition) is 1. The van der Waals surface area contributed by atoms with Gasteiger partial charge in [0.1, 0.15) is 0 Å². The number of carboxylic acid groups (broad SMARTS) is 1. The van der Waals surface area contributed by atoms with Crippen molar-refractivity contribution >= 4 is 17.8 Å². The van der Waals surface area contributed by atoms with Crippen LogP contribution in [0.5, 0.6) is 0 Å². The predicted molar refractivity (Wildman–Crippen MR) is 36.8 cm³/mol. The van der Waals surface area contributed by atoms with E-state index in [-0.39, 0.29) is 0 Å². The van der Waals surface area contributed by atoms with Crippen LogP contribution >= 0.6 is 11.6 Å². The lowest BCUT2D eigenvalue weighted by Crippen LogP contribution is -2.70. The Labute approximate surface area is 76.4 Å². The van der Waals surface area contributed by atoms with Gasteiger partial charge < -0.3 is 9.84 Å². The quantitative estimate of drug-likeness (QED) is 0.543. The second kappa shape index (κ2) is 2.43. The fourth-order valence-corrected chi connectivity index (χ4v) is 1.39. The summed E-state index contributed by atoms with van der Waals surface area (Å²) < 4.78 is 41.9. The summed E-state index contributed by atoms with van der Waals surface area (Å²) in [6, 6.07) is 0. The number of alkyl halides is 4. The first-order valence-electron chi connectivity index (χ1n) is 3.30. The van der Waals surface area contributed by atoms with Gasteiger partial charge in [0, 0.05) is 0 Å². The van der Waals surface area contributed by atoms with Crippen molar-refractivity contribution < 1.29 is 27.8 Å². The van der Waals surface area contributed by atoms with Crippen LogP contribution in [0.15, 0.2) is 0 Å². The van der Waals surface area contributed by atoms with E-state index in [1.165, 1.54) is 0 Å². The van der Waals surface area contributed by atoms with E-state index in [0.717, 1.165) is 6.92 Å². The van der Waals surface area contributed by atoms with E-state index in [0.29, 0.717) is 0 Å². The Balaban J connectivity index is 2.82. The molecular formula is C6H6ClF3O3. The second-order valence-corrected chi connectivity index (χ2v) is 3.58. The van der Waals surface area contributed by atoms with Crippen molar-refractivity contribution in [3.63, 3.8) is 0 Å². The second-order valence-electron chi connectivity index (χ2n) is 3.05. The molecule has 0 spiro atoms. The topological polar surface area (TPSA) is 46.5 Å². The molecule has 0 aromatic heterocycles. The highest BCUT2D eigenvalue weighted by Crippen LogP contribution is 2.60. The highest BCUT2D eigenvalue weighted by atomic mass is 35.5. The molecule has 13 heavy (non-hydrogen) atoms. The summed E-state index contributed by atoms with van der Waals surface area (Å²) in [5.41, 5.74) is -2.18. The van der Waals surface area contributed by atoms with Gasteiger partial charge in [0.05, 0.1) is 6.42 Å². The zero-order valence-electron chi connectivity index (χ0n) is 6.48. The summed E-state index contributed by atoms with van der Waals surface area (Å²) in [6.45, 7) is 0.880. The molecular weight excluding hydrogens is 213 g/mol. The molecule has 0 aromatic rings. The number of carbonyl (C=O) groups is 1. The molecule has 0 bridgehead atoms. The fraction of sp³-hybridized carbons (Fsp3) is 0.833. The molecule has 0 saturated heterocycles. The third kappa shape index (κ3) is 1.23. The molecule has 0 amide bonds. The molecule has 0 aliphatic heterocycles. The molecule has 1 aliphatic carbocycles. The molecule has 1 saturated carbocycles. The molecule has 3 nitrogen and oxygen atoms in total. The van der Waals surface area contributed by atoms with E-state index < -0.39 is 29.2 Å². The maximum atomic E-state index is 13.0. The van der Waals surface area contributed by atoms with Crippen molar-refractivity contribution in [2.24, 2.45) is 0 Å². The van der Waals surface area contributed by atoms with E-state index in [2.05, 4.69) is 4.74 Å². The van der Waals surface area contributed by atoms with Crippen molar-refractivity contribution in [2.45, 2.75) is 30.0 Å². The molecule has 0 radical (unpaired) electrons. The van der Waals surface area contributed by atoms with Gasteiger partial charge in [0.25, 0.3) is 5.13 Å². The van der Waals surface area contributed by atoms with Crippen molar-refractivity contribution in [2.75, 3.05) is 0 Å². The Morgan fingerprint density at radius 2 is 2.00 bits per heavy atom. The fourth-order valence-electron chi connectivity index (χ4n) is 1.22. The van der Waals surface area contributed by atoms with Crippen LogP contribution in [0.25, 0.3) is 0 Å². The Kier molecular flexibility index (Phi) is 1.95. The van der Waals surface area contributed by atoms with Crippen molar-refractivity contribution in [3.05, 3.63) is 0 Å². The predicted octanol–water partition coefficient (Wildman–Crippen LogP) is 2.38. The summed E-state index contributed by atoms with van der Waals surface area (Å²) in [4.78, 5) is 10.0. The maximum absolute atomic E-state index is 13.0. The third-order valence-corrected chi connectivity index (χ3v) is 2.67. The SMILES string of the molecule is CC1(OC(=O)O)CC(F)(F)C1(F)Cl. The molecule has 2 atom stereocenters. The van der Waals surface area contributed by atoms with E-state index in [4.69, 9.17) is 16.7 Å². The highest BCUT2D eigenvalue weighted by Gasteiger charge is 2.79. The Bertz CT molecular complexity index is 256. The van der Waals surface area contributed by atoms with Gasteiger partial charge in [0.15, 0.2) is 5.60 Å². The lowest BCUT2D eigenvalue weighted by molar-refractivity contribution is -0.282. The Morgan fingerprint density at radius 1 is 1.54 bits per heavy atom. The van der Waals surface area contributed by atoms with Crippen LogP contribution < -0.4 is 0 Å². The monoisotopic (exact) mass is 218 g/mol. The smallest absolute Gasteiger partial charge is 0.450 e. The molecule has 0 aromatic carbocycles. The summed E-state index contributed by atoms with van der Waals surface area (Å²) in [5.74, 6) is -3.75. The van der Waals surface area contributed by atoms with Gasteiger partial charge in [-0.15, -0.1) is 0 Å².